The first kappa shape index (κ1) is 26.5. The summed E-state index contributed by atoms with van der Waals surface area (Å²) in [5, 5.41) is 0. The molecule has 0 fully saturated rings. The van der Waals surface area contributed by atoms with Gasteiger partial charge in [-0.2, -0.15) is 8.75 Å². The number of hydrogen-bond acceptors (Lipinski definition) is 5. The normalized spacial score (nSPS) is 17.3. The Bertz CT molecular complexity index is 1910. The maximum Gasteiger partial charge on any atom is 0.156 e. The van der Waals surface area contributed by atoms with Crippen molar-refractivity contribution in [1.29, 1.82) is 0 Å². The summed E-state index contributed by atoms with van der Waals surface area (Å²) >= 11 is 1.24. The quantitative estimate of drug-likeness (QED) is 0.217. The molecule has 5 heteroatoms. The van der Waals surface area contributed by atoms with Crippen LogP contribution < -0.4 is 4.90 Å². The van der Waals surface area contributed by atoms with E-state index < -0.39 is 0 Å². The van der Waals surface area contributed by atoms with Crippen molar-refractivity contribution < 1.29 is 4.79 Å². The summed E-state index contributed by atoms with van der Waals surface area (Å²) in [6.45, 7) is 8.94. The number of hydrogen-bond donors (Lipinski definition) is 0. The maximum atomic E-state index is 12.3. The molecule has 0 N–H and O–H groups in total. The van der Waals surface area contributed by atoms with Crippen molar-refractivity contribution in [1.82, 2.24) is 8.75 Å². The Labute approximate surface area is 251 Å². The maximum absolute atomic E-state index is 12.3. The second-order valence-electron chi connectivity index (χ2n) is 12.7. The van der Waals surface area contributed by atoms with Crippen LogP contribution in [-0.4, -0.2) is 14.5 Å². The Morgan fingerprint density at radius 1 is 0.762 bits per heavy atom. The van der Waals surface area contributed by atoms with Gasteiger partial charge in [0.2, 0.25) is 0 Å². The molecule has 1 aliphatic heterocycles. The third kappa shape index (κ3) is 4.49. The van der Waals surface area contributed by atoms with E-state index in [2.05, 4.69) is 130 Å². The van der Waals surface area contributed by atoms with Gasteiger partial charge in [-0.05, 0) is 70.5 Å². The van der Waals surface area contributed by atoms with Crippen molar-refractivity contribution in [3.63, 3.8) is 0 Å². The van der Waals surface area contributed by atoms with E-state index in [1.165, 1.54) is 34.2 Å². The highest BCUT2D eigenvalue weighted by Crippen LogP contribution is 2.52. The Balaban J connectivity index is 1.32. The van der Waals surface area contributed by atoms with E-state index in [1.54, 1.807) is 6.08 Å². The molecule has 2 heterocycles. The minimum absolute atomic E-state index is 0.0102. The van der Waals surface area contributed by atoms with E-state index in [0.29, 0.717) is 6.42 Å². The van der Waals surface area contributed by atoms with E-state index in [1.807, 2.05) is 0 Å². The third-order valence-corrected chi connectivity index (χ3v) is 9.19. The number of carbonyl (C=O) groups excluding carboxylic acids is 1. The molecule has 2 aliphatic rings. The number of para-hydroxylation sites is 2. The summed E-state index contributed by atoms with van der Waals surface area (Å²) in [5.74, 6) is 0.200. The van der Waals surface area contributed by atoms with Gasteiger partial charge in [0.15, 0.2) is 5.78 Å². The van der Waals surface area contributed by atoms with Crippen molar-refractivity contribution >= 4 is 51.7 Å². The molecule has 1 aliphatic carbocycles. The van der Waals surface area contributed by atoms with Crippen LogP contribution in [0.2, 0.25) is 0 Å². The van der Waals surface area contributed by atoms with Crippen LogP contribution >= 0.6 is 11.7 Å². The minimum Gasteiger partial charge on any atom is -0.310 e. The number of carbonyl (C=O) groups is 1. The summed E-state index contributed by atoms with van der Waals surface area (Å²) < 4.78 is 9.44. The number of allylic oxidation sites excluding steroid dienone is 3. The predicted molar refractivity (Wildman–Crippen MR) is 175 cm³/mol. The lowest BCUT2D eigenvalue weighted by atomic mass is 9.73. The zero-order valence-corrected chi connectivity index (χ0v) is 25.2. The smallest absolute Gasteiger partial charge is 0.156 e. The summed E-state index contributed by atoms with van der Waals surface area (Å²) in [5.41, 5.74) is 12.0. The topological polar surface area (TPSA) is 46.1 Å². The molecule has 0 bridgehead atoms. The number of benzene rings is 4. The van der Waals surface area contributed by atoms with Crippen LogP contribution in [0.15, 0.2) is 103 Å². The van der Waals surface area contributed by atoms with Gasteiger partial charge in [-0.1, -0.05) is 94.4 Å². The highest BCUT2D eigenvalue weighted by Gasteiger charge is 2.37. The van der Waals surface area contributed by atoms with E-state index in [9.17, 15) is 4.79 Å². The number of nitrogens with zero attached hydrogens (tertiary/aromatic N) is 3. The fourth-order valence-electron chi connectivity index (χ4n) is 6.68. The Morgan fingerprint density at radius 3 is 2.31 bits per heavy atom. The fourth-order valence-corrected chi connectivity index (χ4v) is 7.26. The third-order valence-electron chi connectivity index (χ3n) is 8.66. The van der Waals surface area contributed by atoms with Gasteiger partial charge in [-0.3, -0.25) is 4.79 Å². The summed E-state index contributed by atoms with van der Waals surface area (Å²) in [7, 11) is 0. The number of rotatable bonds is 4. The highest BCUT2D eigenvalue weighted by atomic mass is 32.1. The van der Waals surface area contributed by atoms with Gasteiger partial charge in [-0.25, -0.2) is 0 Å². The van der Waals surface area contributed by atoms with E-state index in [4.69, 9.17) is 8.75 Å². The Morgan fingerprint density at radius 2 is 1.50 bits per heavy atom. The van der Waals surface area contributed by atoms with Crippen molar-refractivity contribution in [2.45, 2.75) is 46.0 Å². The lowest BCUT2D eigenvalue weighted by molar-refractivity contribution is -0.116. The standard InChI is InChI=1S/C37H33N3OS/c1-36(2)22-24(20-28(41)23-36)14-15-25-16-18-29(35-34(25)38-42-39-35)26-17-19-33-31(21-26)37(3,4)30-12-8-9-13-32(30)40(33)27-10-6-5-7-11-27/h5-21H,22-23H2,1-4H3/b15-14+. The number of aromatic nitrogens is 2. The predicted octanol–water partition coefficient (Wildman–Crippen LogP) is 9.80. The Kier molecular flexibility index (Phi) is 6.25. The molecule has 208 valence electrons. The fraction of sp³-hybridized carbons (Fsp3) is 0.216. The summed E-state index contributed by atoms with van der Waals surface area (Å²) in [4.78, 5) is 14.6. The van der Waals surface area contributed by atoms with Crippen LogP contribution in [-0.2, 0) is 10.2 Å². The molecule has 0 atom stereocenters. The van der Waals surface area contributed by atoms with Crippen LogP contribution in [0.25, 0.3) is 28.2 Å². The van der Waals surface area contributed by atoms with Gasteiger partial charge in [0, 0.05) is 28.7 Å². The number of fused-ring (bicyclic) bond motifs is 3. The molecule has 1 aromatic heterocycles. The van der Waals surface area contributed by atoms with Crippen molar-refractivity contribution in [3.05, 3.63) is 119 Å². The molecule has 0 saturated carbocycles. The van der Waals surface area contributed by atoms with E-state index in [-0.39, 0.29) is 16.6 Å². The molecule has 7 rings (SSSR count). The second-order valence-corrected chi connectivity index (χ2v) is 13.3. The average Bonchev–Trinajstić information content (AvgIpc) is 3.46. The zero-order valence-electron chi connectivity index (χ0n) is 24.4. The molecule has 0 radical (unpaired) electrons. The van der Waals surface area contributed by atoms with E-state index >= 15 is 0 Å². The van der Waals surface area contributed by atoms with Gasteiger partial charge in [-0.15, -0.1) is 0 Å². The van der Waals surface area contributed by atoms with Crippen LogP contribution in [0.1, 0.15) is 57.2 Å². The van der Waals surface area contributed by atoms with E-state index in [0.717, 1.165) is 45.4 Å². The van der Waals surface area contributed by atoms with Gasteiger partial charge >= 0.3 is 0 Å². The van der Waals surface area contributed by atoms with Gasteiger partial charge < -0.3 is 4.90 Å². The van der Waals surface area contributed by atoms with Crippen LogP contribution in [0.4, 0.5) is 17.1 Å². The molecular formula is C37H33N3OS. The second kappa shape index (κ2) is 9.88. The SMILES string of the molecule is CC1(C)CC(=O)C=C(/C=C/c2ccc(-c3ccc4c(c3)C(C)(C)c3ccccc3N4c3ccccc3)c3nsnc23)C1. The first-order valence-electron chi connectivity index (χ1n) is 14.5. The van der Waals surface area contributed by atoms with Crippen molar-refractivity contribution in [2.24, 2.45) is 5.41 Å². The molecule has 0 amide bonds. The minimum atomic E-state index is -0.186. The van der Waals surface area contributed by atoms with Crippen molar-refractivity contribution in [3.8, 4) is 11.1 Å². The Hall–Kier alpha value is -4.35. The lowest BCUT2D eigenvalue weighted by Crippen LogP contribution is -2.30. The average molecular weight is 568 g/mol. The molecular weight excluding hydrogens is 534 g/mol. The first-order valence-corrected chi connectivity index (χ1v) is 15.2. The lowest BCUT2D eigenvalue weighted by Gasteiger charge is -2.42. The largest absolute Gasteiger partial charge is 0.310 e. The molecule has 4 aromatic carbocycles. The molecule has 0 saturated heterocycles. The van der Waals surface area contributed by atoms with Gasteiger partial charge in [0.1, 0.15) is 11.0 Å². The van der Waals surface area contributed by atoms with Crippen LogP contribution in [0.5, 0.6) is 0 Å². The molecule has 0 unspecified atom stereocenters. The first-order chi connectivity index (χ1) is 20.2. The molecule has 42 heavy (non-hydrogen) atoms. The van der Waals surface area contributed by atoms with Crippen LogP contribution in [0, 0.1) is 5.41 Å². The monoisotopic (exact) mass is 567 g/mol. The summed E-state index contributed by atoms with van der Waals surface area (Å²) in [6.07, 6.45) is 7.44. The highest BCUT2D eigenvalue weighted by molar-refractivity contribution is 7.00. The molecule has 0 spiro atoms. The molecule has 5 aromatic rings. The zero-order chi connectivity index (χ0) is 29.1. The van der Waals surface area contributed by atoms with Gasteiger partial charge in [0.05, 0.1) is 23.1 Å². The van der Waals surface area contributed by atoms with Gasteiger partial charge in [0.25, 0.3) is 0 Å². The number of anilines is 3. The number of ketones is 1. The van der Waals surface area contributed by atoms with Crippen molar-refractivity contribution in [2.75, 3.05) is 4.90 Å². The molecule has 4 nitrogen and oxygen atoms in total. The van der Waals surface area contributed by atoms with Crippen LogP contribution in [0.3, 0.4) is 0 Å². The summed E-state index contributed by atoms with van der Waals surface area (Å²) in [6, 6.07) is 30.4.